The SMILES string of the molecule is CC(C)(C)OC(=O)NC(CN)c1scnc1C1CC1. The molecule has 3 N–H and O–H groups in total. The quantitative estimate of drug-likeness (QED) is 0.890. The van der Waals surface area contributed by atoms with Crippen molar-refractivity contribution in [1.29, 1.82) is 0 Å². The summed E-state index contributed by atoms with van der Waals surface area (Å²) >= 11 is 1.55. The molecule has 1 atom stereocenters. The largest absolute Gasteiger partial charge is 0.444 e. The van der Waals surface area contributed by atoms with Gasteiger partial charge in [0.05, 0.1) is 22.1 Å². The molecule has 0 radical (unpaired) electrons. The van der Waals surface area contributed by atoms with Gasteiger partial charge in [-0.05, 0) is 33.6 Å². The Morgan fingerprint density at radius 1 is 1.63 bits per heavy atom. The summed E-state index contributed by atoms with van der Waals surface area (Å²) in [5.74, 6) is 0.552. The molecule has 1 amide bonds. The van der Waals surface area contributed by atoms with Gasteiger partial charge in [-0.3, -0.25) is 0 Å². The zero-order valence-corrected chi connectivity index (χ0v) is 12.4. The summed E-state index contributed by atoms with van der Waals surface area (Å²) < 4.78 is 5.26. The maximum Gasteiger partial charge on any atom is 0.408 e. The van der Waals surface area contributed by atoms with Crippen LogP contribution in [0.1, 0.15) is 56.1 Å². The van der Waals surface area contributed by atoms with Gasteiger partial charge in [-0.15, -0.1) is 11.3 Å². The van der Waals surface area contributed by atoms with Gasteiger partial charge in [-0.2, -0.15) is 0 Å². The molecule has 5 nitrogen and oxygen atoms in total. The number of carbonyl (C=O) groups excluding carboxylic acids is 1. The smallest absolute Gasteiger partial charge is 0.408 e. The Hall–Kier alpha value is -1.14. The summed E-state index contributed by atoms with van der Waals surface area (Å²) in [5, 5.41) is 2.83. The van der Waals surface area contributed by atoms with E-state index in [-0.39, 0.29) is 6.04 Å². The van der Waals surface area contributed by atoms with Gasteiger partial charge in [0.25, 0.3) is 0 Å². The lowest BCUT2D eigenvalue weighted by Crippen LogP contribution is -2.37. The minimum atomic E-state index is -0.504. The highest BCUT2D eigenvalue weighted by Gasteiger charge is 2.31. The van der Waals surface area contributed by atoms with Crippen molar-refractivity contribution >= 4 is 17.4 Å². The Labute approximate surface area is 117 Å². The first kappa shape index (κ1) is 14.3. The number of hydrogen-bond acceptors (Lipinski definition) is 5. The average Bonchev–Trinajstić information content (AvgIpc) is 3.02. The van der Waals surface area contributed by atoms with Crippen molar-refractivity contribution in [2.24, 2.45) is 5.73 Å². The number of amides is 1. The van der Waals surface area contributed by atoms with Crippen molar-refractivity contribution in [1.82, 2.24) is 10.3 Å². The first-order chi connectivity index (χ1) is 8.90. The van der Waals surface area contributed by atoms with Crippen LogP contribution in [-0.4, -0.2) is 23.2 Å². The van der Waals surface area contributed by atoms with E-state index in [9.17, 15) is 4.79 Å². The van der Waals surface area contributed by atoms with Crippen LogP contribution < -0.4 is 11.1 Å². The number of ether oxygens (including phenoxy) is 1. The van der Waals surface area contributed by atoms with Gasteiger partial charge in [0.2, 0.25) is 0 Å². The van der Waals surface area contributed by atoms with Crippen molar-refractivity contribution < 1.29 is 9.53 Å². The van der Waals surface area contributed by atoms with Crippen LogP contribution in [0.3, 0.4) is 0 Å². The maximum absolute atomic E-state index is 11.8. The Morgan fingerprint density at radius 2 is 2.32 bits per heavy atom. The van der Waals surface area contributed by atoms with Gasteiger partial charge >= 0.3 is 6.09 Å². The highest BCUT2D eigenvalue weighted by atomic mass is 32.1. The summed E-state index contributed by atoms with van der Waals surface area (Å²) in [7, 11) is 0. The molecule has 1 saturated carbocycles. The average molecular weight is 283 g/mol. The van der Waals surface area contributed by atoms with Crippen LogP contribution in [0.2, 0.25) is 0 Å². The predicted molar refractivity (Wildman–Crippen MR) is 75.3 cm³/mol. The van der Waals surface area contributed by atoms with Crippen LogP contribution in [-0.2, 0) is 4.74 Å². The van der Waals surface area contributed by atoms with Crippen molar-refractivity contribution in [2.45, 2.75) is 51.2 Å². The molecule has 0 saturated heterocycles. The fourth-order valence-corrected chi connectivity index (χ4v) is 2.81. The number of alkyl carbamates (subject to hydrolysis) is 1. The third kappa shape index (κ3) is 3.91. The molecule has 1 heterocycles. The maximum atomic E-state index is 11.8. The molecule has 0 spiro atoms. The second-order valence-corrected chi connectivity index (χ2v) is 6.70. The van der Waals surface area contributed by atoms with Crippen LogP contribution in [0.4, 0.5) is 4.79 Å². The molecule has 1 aromatic rings. The highest BCUT2D eigenvalue weighted by molar-refractivity contribution is 7.09. The summed E-state index contributed by atoms with van der Waals surface area (Å²) in [4.78, 5) is 17.3. The summed E-state index contributed by atoms with van der Waals surface area (Å²) in [6.45, 7) is 5.87. The van der Waals surface area contributed by atoms with E-state index in [4.69, 9.17) is 10.5 Å². The number of thiazole rings is 1. The second-order valence-electron chi connectivity index (χ2n) is 5.81. The van der Waals surface area contributed by atoms with Crippen molar-refractivity contribution in [3.63, 3.8) is 0 Å². The van der Waals surface area contributed by atoms with E-state index in [2.05, 4.69) is 10.3 Å². The normalized spacial score (nSPS) is 17.1. The standard InChI is InChI=1S/C13H21N3O2S/c1-13(2,3)18-12(17)16-9(6-14)11-10(8-4-5-8)15-7-19-11/h7-9H,4-6,14H2,1-3H3,(H,16,17). The number of rotatable bonds is 4. The monoisotopic (exact) mass is 283 g/mol. The molecule has 0 bridgehead atoms. The van der Waals surface area contributed by atoms with E-state index < -0.39 is 11.7 Å². The fourth-order valence-electron chi connectivity index (χ4n) is 1.87. The minimum Gasteiger partial charge on any atom is -0.444 e. The van der Waals surface area contributed by atoms with E-state index in [1.807, 2.05) is 26.3 Å². The minimum absolute atomic E-state index is 0.210. The van der Waals surface area contributed by atoms with Gasteiger partial charge in [0.15, 0.2) is 0 Å². The van der Waals surface area contributed by atoms with E-state index in [1.54, 1.807) is 11.3 Å². The molecule has 19 heavy (non-hydrogen) atoms. The Morgan fingerprint density at radius 3 is 2.84 bits per heavy atom. The van der Waals surface area contributed by atoms with Crippen LogP contribution in [0.15, 0.2) is 5.51 Å². The molecule has 0 aromatic carbocycles. The molecule has 1 unspecified atom stereocenters. The van der Waals surface area contributed by atoms with Crippen molar-refractivity contribution in [3.05, 3.63) is 16.1 Å². The fraction of sp³-hybridized carbons (Fsp3) is 0.692. The molecule has 106 valence electrons. The summed E-state index contributed by atoms with van der Waals surface area (Å²) in [6.07, 6.45) is 1.93. The van der Waals surface area contributed by atoms with Crippen molar-refractivity contribution in [2.75, 3.05) is 6.54 Å². The van der Waals surface area contributed by atoms with E-state index in [0.717, 1.165) is 10.6 Å². The van der Waals surface area contributed by atoms with Crippen LogP contribution in [0.5, 0.6) is 0 Å². The third-order valence-electron chi connectivity index (χ3n) is 2.83. The molecule has 2 rings (SSSR count). The molecule has 1 fully saturated rings. The van der Waals surface area contributed by atoms with E-state index in [0.29, 0.717) is 12.5 Å². The molecule has 1 aliphatic rings. The Kier molecular flexibility index (Phi) is 4.10. The first-order valence-corrected chi connectivity index (χ1v) is 7.41. The zero-order chi connectivity index (χ0) is 14.0. The van der Waals surface area contributed by atoms with Gasteiger partial charge < -0.3 is 15.8 Å². The van der Waals surface area contributed by atoms with Gasteiger partial charge in [-0.25, -0.2) is 9.78 Å². The Balaban J connectivity index is 2.03. The lowest BCUT2D eigenvalue weighted by molar-refractivity contribution is 0.0506. The number of nitrogens with zero attached hydrogens (tertiary/aromatic N) is 1. The summed E-state index contributed by atoms with van der Waals surface area (Å²) in [6, 6.07) is -0.210. The number of aromatic nitrogens is 1. The van der Waals surface area contributed by atoms with Gasteiger partial charge in [0, 0.05) is 12.5 Å². The van der Waals surface area contributed by atoms with Crippen LogP contribution in [0.25, 0.3) is 0 Å². The van der Waals surface area contributed by atoms with Crippen LogP contribution in [0, 0.1) is 0 Å². The lowest BCUT2D eigenvalue weighted by Gasteiger charge is -2.23. The molecule has 6 heteroatoms. The number of hydrogen-bond donors (Lipinski definition) is 2. The zero-order valence-electron chi connectivity index (χ0n) is 11.6. The van der Waals surface area contributed by atoms with Gasteiger partial charge in [-0.1, -0.05) is 0 Å². The first-order valence-electron chi connectivity index (χ1n) is 6.53. The number of nitrogens with two attached hydrogens (primary N) is 1. The number of nitrogens with one attached hydrogen (secondary N) is 1. The molecule has 1 aliphatic carbocycles. The molecule has 1 aromatic heterocycles. The molecule has 0 aliphatic heterocycles. The summed E-state index contributed by atoms with van der Waals surface area (Å²) in [5.41, 5.74) is 8.19. The van der Waals surface area contributed by atoms with Gasteiger partial charge in [0.1, 0.15) is 5.60 Å². The number of carbonyl (C=O) groups is 1. The highest BCUT2D eigenvalue weighted by Crippen LogP contribution is 2.43. The predicted octanol–water partition coefficient (Wildman–Crippen LogP) is 2.55. The topological polar surface area (TPSA) is 77.2 Å². The lowest BCUT2D eigenvalue weighted by atomic mass is 10.1. The molecular formula is C13H21N3O2S. The van der Waals surface area contributed by atoms with Crippen LogP contribution >= 0.6 is 11.3 Å². The Bertz CT molecular complexity index is 449. The van der Waals surface area contributed by atoms with Crippen molar-refractivity contribution in [3.8, 4) is 0 Å². The third-order valence-corrected chi connectivity index (χ3v) is 3.79. The van der Waals surface area contributed by atoms with E-state index >= 15 is 0 Å². The second kappa shape index (κ2) is 5.46. The van der Waals surface area contributed by atoms with E-state index in [1.165, 1.54) is 12.8 Å². The molecular weight excluding hydrogens is 262 g/mol.